The maximum absolute atomic E-state index is 12.3. The van der Waals surface area contributed by atoms with Crippen LogP contribution in [0.15, 0.2) is 12.7 Å². The standard InChI is InChI=1S/C20H30O5/c1-6-16(21)24-20-10-14-7-15(11-20)9-19(8-14,12-20)23-13(2)17(22)25-18(3,4)5/h6,13-15H,1,7-12H2,2-5H3. The molecule has 0 spiro atoms. The van der Waals surface area contributed by atoms with Crippen molar-refractivity contribution in [1.29, 1.82) is 0 Å². The number of carbonyl (C=O) groups excluding carboxylic acids is 2. The summed E-state index contributed by atoms with van der Waals surface area (Å²) in [6.45, 7) is 10.8. The summed E-state index contributed by atoms with van der Waals surface area (Å²) in [7, 11) is 0. The lowest BCUT2D eigenvalue weighted by atomic mass is 9.52. The molecule has 0 radical (unpaired) electrons. The Labute approximate surface area is 150 Å². The van der Waals surface area contributed by atoms with Crippen molar-refractivity contribution in [3.8, 4) is 0 Å². The number of hydrogen-bond acceptors (Lipinski definition) is 5. The maximum atomic E-state index is 12.3. The van der Waals surface area contributed by atoms with Crippen LogP contribution in [0.1, 0.15) is 66.2 Å². The summed E-state index contributed by atoms with van der Waals surface area (Å²) in [4.78, 5) is 24.2. The topological polar surface area (TPSA) is 61.8 Å². The van der Waals surface area contributed by atoms with Gasteiger partial charge in [0.05, 0.1) is 5.60 Å². The fourth-order valence-corrected chi connectivity index (χ4v) is 5.42. The largest absolute Gasteiger partial charge is 0.458 e. The van der Waals surface area contributed by atoms with Gasteiger partial charge >= 0.3 is 11.9 Å². The zero-order chi connectivity index (χ0) is 18.5. The Morgan fingerprint density at radius 1 is 1.12 bits per heavy atom. The highest BCUT2D eigenvalue weighted by atomic mass is 16.6. The van der Waals surface area contributed by atoms with Gasteiger partial charge in [0.2, 0.25) is 0 Å². The molecule has 4 aliphatic rings. The van der Waals surface area contributed by atoms with Gasteiger partial charge in [0, 0.05) is 12.5 Å². The van der Waals surface area contributed by atoms with Crippen LogP contribution in [0.25, 0.3) is 0 Å². The summed E-state index contributed by atoms with van der Waals surface area (Å²) in [5.74, 6) is 0.284. The number of hydrogen-bond donors (Lipinski definition) is 0. The lowest BCUT2D eigenvalue weighted by Gasteiger charge is -2.60. The minimum atomic E-state index is -0.623. The third-order valence-electron chi connectivity index (χ3n) is 5.60. The van der Waals surface area contributed by atoms with Crippen LogP contribution < -0.4 is 0 Å². The molecule has 5 nitrogen and oxygen atoms in total. The predicted octanol–water partition coefficient (Wildman–Crippen LogP) is 3.55. The SMILES string of the molecule is C=CC(=O)OC12CC3CC(C1)CC(OC(C)C(=O)OC(C)(C)C)(C3)C2. The second-order valence-electron chi connectivity index (χ2n) is 9.25. The first-order chi connectivity index (χ1) is 11.5. The van der Waals surface area contributed by atoms with Gasteiger partial charge in [0.1, 0.15) is 11.2 Å². The number of ether oxygens (including phenoxy) is 3. The summed E-state index contributed by atoms with van der Waals surface area (Å²) in [6, 6.07) is 0. The number of esters is 2. The van der Waals surface area contributed by atoms with Gasteiger partial charge in [-0.1, -0.05) is 6.58 Å². The molecule has 4 fully saturated rings. The van der Waals surface area contributed by atoms with Crippen molar-refractivity contribution in [3.63, 3.8) is 0 Å². The van der Waals surface area contributed by atoms with E-state index in [9.17, 15) is 9.59 Å². The van der Waals surface area contributed by atoms with Crippen LogP contribution in [0.5, 0.6) is 0 Å². The molecule has 0 aromatic heterocycles. The molecule has 0 amide bonds. The van der Waals surface area contributed by atoms with E-state index in [-0.39, 0.29) is 17.5 Å². The van der Waals surface area contributed by atoms with Gasteiger partial charge < -0.3 is 14.2 Å². The third kappa shape index (κ3) is 3.91. The first kappa shape index (κ1) is 18.4. The average Bonchev–Trinajstić information content (AvgIpc) is 2.42. The lowest BCUT2D eigenvalue weighted by molar-refractivity contribution is -0.245. The zero-order valence-corrected chi connectivity index (χ0v) is 15.8. The van der Waals surface area contributed by atoms with Crippen molar-refractivity contribution in [2.45, 2.75) is 89.1 Å². The smallest absolute Gasteiger partial charge is 0.335 e. The van der Waals surface area contributed by atoms with E-state index in [2.05, 4.69) is 6.58 Å². The fourth-order valence-electron chi connectivity index (χ4n) is 5.42. The molecule has 5 heteroatoms. The molecule has 0 aliphatic heterocycles. The van der Waals surface area contributed by atoms with E-state index in [1.807, 2.05) is 20.8 Å². The summed E-state index contributed by atoms with van der Waals surface area (Å²) < 4.78 is 17.6. The van der Waals surface area contributed by atoms with Crippen molar-refractivity contribution in [2.75, 3.05) is 0 Å². The predicted molar refractivity (Wildman–Crippen MR) is 92.8 cm³/mol. The molecular formula is C20H30O5. The lowest BCUT2D eigenvalue weighted by Crippen LogP contribution is -2.62. The van der Waals surface area contributed by atoms with Crippen LogP contribution in [0, 0.1) is 11.8 Å². The highest BCUT2D eigenvalue weighted by Gasteiger charge is 2.61. The average molecular weight is 350 g/mol. The molecule has 0 aromatic rings. The van der Waals surface area contributed by atoms with Gasteiger partial charge in [0.25, 0.3) is 0 Å². The van der Waals surface area contributed by atoms with E-state index in [0.29, 0.717) is 18.3 Å². The molecule has 3 unspecified atom stereocenters. The summed E-state index contributed by atoms with van der Waals surface area (Å²) in [6.07, 6.45) is 6.11. The van der Waals surface area contributed by atoms with E-state index in [1.54, 1.807) is 6.92 Å². The van der Waals surface area contributed by atoms with E-state index in [1.165, 1.54) is 12.5 Å². The molecule has 4 rings (SSSR count). The van der Waals surface area contributed by atoms with Gasteiger partial charge in [-0.25, -0.2) is 9.59 Å². The van der Waals surface area contributed by atoms with Gasteiger partial charge in [-0.05, 0) is 71.6 Å². The van der Waals surface area contributed by atoms with E-state index in [4.69, 9.17) is 14.2 Å². The number of rotatable bonds is 5. The molecule has 0 aromatic carbocycles. The Balaban J connectivity index is 1.74. The Morgan fingerprint density at radius 3 is 2.20 bits per heavy atom. The molecule has 3 atom stereocenters. The second-order valence-corrected chi connectivity index (χ2v) is 9.25. The highest BCUT2D eigenvalue weighted by molar-refractivity contribution is 5.81. The molecule has 0 heterocycles. The summed E-state index contributed by atoms with van der Waals surface area (Å²) in [5, 5.41) is 0. The molecule has 0 saturated heterocycles. The highest BCUT2D eigenvalue weighted by Crippen LogP contribution is 2.60. The fraction of sp³-hybridized carbons (Fsp3) is 0.800. The Kier molecular flexibility index (Phi) is 4.51. The van der Waals surface area contributed by atoms with Crippen LogP contribution in [-0.2, 0) is 23.8 Å². The first-order valence-electron chi connectivity index (χ1n) is 9.30. The maximum Gasteiger partial charge on any atom is 0.335 e. The molecule has 25 heavy (non-hydrogen) atoms. The molecule has 0 N–H and O–H groups in total. The van der Waals surface area contributed by atoms with E-state index >= 15 is 0 Å². The van der Waals surface area contributed by atoms with Crippen molar-refractivity contribution in [3.05, 3.63) is 12.7 Å². The number of carbonyl (C=O) groups is 2. The molecule has 4 bridgehead atoms. The monoisotopic (exact) mass is 350 g/mol. The summed E-state index contributed by atoms with van der Waals surface area (Å²) >= 11 is 0. The van der Waals surface area contributed by atoms with Crippen LogP contribution in [-0.4, -0.2) is 34.8 Å². The molecule has 4 saturated carbocycles. The first-order valence-corrected chi connectivity index (χ1v) is 9.30. The zero-order valence-electron chi connectivity index (χ0n) is 15.8. The minimum absolute atomic E-state index is 0.333. The third-order valence-corrected chi connectivity index (χ3v) is 5.60. The van der Waals surface area contributed by atoms with Crippen molar-refractivity contribution in [1.82, 2.24) is 0 Å². The second kappa shape index (κ2) is 6.11. The van der Waals surface area contributed by atoms with Gasteiger partial charge in [0.15, 0.2) is 6.10 Å². The van der Waals surface area contributed by atoms with Crippen molar-refractivity contribution in [2.24, 2.45) is 11.8 Å². The van der Waals surface area contributed by atoms with Crippen LogP contribution in [0.4, 0.5) is 0 Å². The van der Waals surface area contributed by atoms with Gasteiger partial charge in [-0.2, -0.15) is 0 Å². The van der Waals surface area contributed by atoms with Crippen LogP contribution in [0.3, 0.4) is 0 Å². The molecule has 4 aliphatic carbocycles. The molecule has 140 valence electrons. The van der Waals surface area contributed by atoms with Crippen LogP contribution >= 0.6 is 0 Å². The van der Waals surface area contributed by atoms with Crippen molar-refractivity contribution >= 4 is 11.9 Å². The Bertz CT molecular complexity index is 559. The van der Waals surface area contributed by atoms with Gasteiger partial charge in [-0.3, -0.25) is 0 Å². The summed E-state index contributed by atoms with van der Waals surface area (Å²) in [5.41, 5.74) is -1.37. The quantitative estimate of drug-likeness (QED) is 0.560. The van der Waals surface area contributed by atoms with Gasteiger partial charge in [-0.15, -0.1) is 0 Å². The Hall–Kier alpha value is -1.36. The van der Waals surface area contributed by atoms with E-state index in [0.717, 1.165) is 25.7 Å². The minimum Gasteiger partial charge on any atom is -0.458 e. The van der Waals surface area contributed by atoms with Crippen LogP contribution in [0.2, 0.25) is 0 Å². The molecular weight excluding hydrogens is 320 g/mol. The van der Waals surface area contributed by atoms with E-state index < -0.39 is 17.3 Å². The Morgan fingerprint density at radius 2 is 1.68 bits per heavy atom. The van der Waals surface area contributed by atoms with Crippen molar-refractivity contribution < 1.29 is 23.8 Å². The normalized spacial score (nSPS) is 37.4.